The number of carbonyl (C=O) groups excluding carboxylic acids is 1. The summed E-state index contributed by atoms with van der Waals surface area (Å²) in [6.45, 7) is 3.33. The third kappa shape index (κ3) is 7.09. The van der Waals surface area contributed by atoms with Crippen molar-refractivity contribution in [2.75, 3.05) is 45.7 Å². The SMILES string of the molecule is COc1ccc(S(=O)(=O)Nc2ccc3c(c2)C(=O)N([C@@H](C)CO)C[C@H](C)[C@H](CN(C)S(=O)(=O)c2ccc(OC)cc2)O3)cc1. The molecule has 4 rings (SSSR count). The molecule has 2 N–H and O–H groups in total. The molecule has 1 aliphatic rings. The van der Waals surface area contributed by atoms with Crippen molar-refractivity contribution in [3.63, 3.8) is 0 Å². The van der Waals surface area contributed by atoms with Crippen LogP contribution in [0.1, 0.15) is 24.2 Å². The molecular formula is C30H37N3O9S2. The van der Waals surface area contributed by atoms with Crippen molar-refractivity contribution in [2.45, 2.75) is 35.8 Å². The van der Waals surface area contributed by atoms with Gasteiger partial charge in [-0.25, -0.2) is 16.8 Å². The van der Waals surface area contributed by atoms with Crippen LogP contribution in [-0.2, 0) is 20.0 Å². The van der Waals surface area contributed by atoms with Crippen molar-refractivity contribution < 1.29 is 40.9 Å². The number of aliphatic hydroxyl groups is 1. The monoisotopic (exact) mass is 647 g/mol. The summed E-state index contributed by atoms with van der Waals surface area (Å²) >= 11 is 0. The van der Waals surface area contributed by atoms with Gasteiger partial charge in [-0.15, -0.1) is 0 Å². The minimum absolute atomic E-state index is 0.00172. The third-order valence-electron chi connectivity index (χ3n) is 7.49. The van der Waals surface area contributed by atoms with Crippen molar-refractivity contribution >= 4 is 31.6 Å². The van der Waals surface area contributed by atoms with Gasteiger partial charge in [0, 0.05) is 25.2 Å². The fraction of sp³-hybridized carbons (Fsp3) is 0.367. The molecule has 0 aliphatic carbocycles. The number of hydrogen-bond acceptors (Lipinski definition) is 9. The molecule has 14 heteroatoms. The first-order valence-corrected chi connectivity index (χ1v) is 16.7. The minimum atomic E-state index is -4.01. The number of carbonyl (C=O) groups is 1. The van der Waals surface area contributed by atoms with E-state index >= 15 is 0 Å². The number of likely N-dealkylation sites (N-methyl/N-ethyl adjacent to an activating group) is 1. The van der Waals surface area contributed by atoms with E-state index in [0.717, 1.165) is 0 Å². The Morgan fingerprint density at radius 3 is 2.09 bits per heavy atom. The highest BCUT2D eigenvalue weighted by Crippen LogP contribution is 2.32. The van der Waals surface area contributed by atoms with Crippen LogP contribution in [0.5, 0.6) is 17.2 Å². The number of nitrogens with one attached hydrogen (secondary N) is 1. The quantitative estimate of drug-likeness (QED) is 0.320. The average molecular weight is 648 g/mol. The van der Waals surface area contributed by atoms with Crippen molar-refractivity contribution in [1.82, 2.24) is 9.21 Å². The smallest absolute Gasteiger partial charge is 0.261 e. The molecule has 0 bridgehead atoms. The average Bonchev–Trinajstić information content (AvgIpc) is 3.02. The Kier molecular flexibility index (Phi) is 10.1. The van der Waals surface area contributed by atoms with E-state index in [0.29, 0.717) is 11.5 Å². The Bertz CT molecular complexity index is 1680. The predicted molar refractivity (Wildman–Crippen MR) is 164 cm³/mol. The van der Waals surface area contributed by atoms with Gasteiger partial charge in [-0.1, -0.05) is 6.92 Å². The lowest BCUT2D eigenvalue weighted by molar-refractivity contribution is 0.0387. The number of hydrogen-bond donors (Lipinski definition) is 2. The Hall–Kier alpha value is -3.85. The normalized spacial score (nSPS) is 18.1. The van der Waals surface area contributed by atoms with Crippen LogP contribution in [0.4, 0.5) is 5.69 Å². The number of nitrogens with zero attached hydrogens (tertiary/aromatic N) is 2. The summed E-state index contributed by atoms with van der Waals surface area (Å²) in [5, 5.41) is 9.93. The molecule has 0 radical (unpaired) electrons. The van der Waals surface area contributed by atoms with Gasteiger partial charge >= 0.3 is 0 Å². The minimum Gasteiger partial charge on any atom is -0.497 e. The van der Waals surface area contributed by atoms with Crippen LogP contribution in [0.15, 0.2) is 76.5 Å². The van der Waals surface area contributed by atoms with Crippen LogP contribution in [0, 0.1) is 5.92 Å². The van der Waals surface area contributed by atoms with Gasteiger partial charge in [-0.3, -0.25) is 9.52 Å². The second-order valence-electron chi connectivity index (χ2n) is 10.6. The van der Waals surface area contributed by atoms with Crippen molar-refractivity contribution in [3.05, 3.63) is 72.3 Å². The van der Waals surface area contributed by atoms with Crippen LogP contribution in [0.2, 0.25) is 0 Å². The summed E-state index contributed by atoms with van der Waals surface area (Å²) in [4.78, 5) is 15.3. The van der Waals surface area contributed by atoms with Gasteiger partial charge in [0.2, 0.25) is 10.0 Å². The summed E-state index contributed by atoms with van der Waals surface area (Å²) in [5.41, 5.74) is 0.190. The molecule has 238 valence electrons. The van der Waals surface area contributed by atoms with Crippen LogP contribution in [0.3, 0.4) is 0 Å². The van der Waals surface area contributed by atoms with E-state index in [1.54, 1.807) is 19.1 Å². The zero-order valence-electron chi connectivity index (χ0n) is 25.1. The summed E-state index contributed by atoms with van der Waals surface area (Å²) in [6, 6.07) is 15.6. The topological polar surface area (TPSA) is 152 Å². The van der Waals surface area contributed by atoms with E-state index in [4.69, 9.17) is 14.2 Å². The highest BCUT2D eigenvalue weighted by Gasteiger charge is 2.35. The van der Waals surface area contributed by atoms with Gasteiger partial charge in [0.05, 0.1) is 48.8 Å². The van der Waals surface area contributed by atoms with Crippen LogP contribution in [-0.4, -0.2) is 90.2 Å². The summed E-state index contributed by atoms with van der Waals surface area (Å²) in [7, 11) is -3.49. The van der Waals surface area contributed by atoms with E-state index in [9.17, 15) is 26.7 Å². The molecule has 1 aliphatic heterocycles. The molecule has 0 spiro atoms. The second kappa shape index (κ2) is 13.4. The summed E-state index contributed by atoms with van der Waals surface area (Å²) in [5.74, 6) is 0.370. The molecule has 0 aromatic heterocycles. The Morgan fingerprint density at radius 2 is 1.55 bits per heavy atom. The number of aliphatic hydroxyl groups excluding tert-OH is 1. The zero-order chi connectivity index (χ0) is 32.2. The number of methoxy groups -OCH3 is 2. The fourth-order valence-corrected chi connectivity index (χ4v) is 6.98. The number of anilines is 1. The number of ether oxygens (including phenoxy) is 3. The summed E-state index contributed by atoms with van der Waals surface area (Å²) in [6.07, 6.45) is -0.699. The molecule has 3 atom stereocenters. The molecule has 3 aromatic carbocycles. The van der Waals surface area contributed by atoms with E-state index in [1.807, 2.05) is 6.92 Å². The molecule has 44 heavy (non-hydrogen) atoms. The molecule has 0 unspecified atom stereocenters. The van der Waals surface area contributed by atoms with Crippen LogP contribution >= 0.6 is 0 Å². The molecular weight excluding hydrogens is 610 g/mol. The lowest BCUT2D eigenvalue weighted by atomic mass is 9.99. The van der Waals surface area contributed by atoms with Crippen molar-refractivity contribution in [3.8, 4) is 17.2 Å². The first kappa shape index (κ1) is 33.1. The van der Waals surface area contributed by atoms with Gasteiger partial charge < -0.3 is 24.2 Å². The van der Waals surface area contributed by atoms with E-state index in [-0.39, 0.29) is 52.4 Å². The zero-order valence-corrected chi connectivity index (χ0v) is 26.8. The maximum Gasteiger partial charge on any atom is 0.261 e. The van der Waals surface area contributed by atoms with Gasteiger partial charge in [0.25, 0.3) is 15.9 Å². The fourth-order valence-electron chi connectivity index (χ4n) is 4.75. The highest BCUT2D eigenvalue weighted by atomic mass is 32.2. The van der Waals surface area contributed by atoms with Gasteiger partial charge in [0.1, 0.15) is 23.4 Å². The van der Waals surface area contributed by atoms with Gasteiger partial charge in [-0.2, -0.15) is 4.31 Å². The first-order valence-electron chi connectivity index (χ1n) is 13.8. The molecule has 12 nitrogen and oxygen atoms in total. The number of fused-ring (bicyclic) bond motifs is 1. The maximum atomic E-state index is 13.7. The highest BCUT2D eigenvalue weighted by molar-refractivity contribution is 7.92. The first-order chi connectivity index (χ1) is 20.8. The molecule has 0 fully saturated rings. The molecule has 1 amide bonds. The lowest BCUT2D eigenvalue weighted by Crippen LogP contribution is -2.50. The number of benzene rings is 3. The van der Waals surface area contributed by atoms with Gasteiger partial charge in [0.15, 0.2) is 0 Å². The standard InChI is InChI=1S/C30H37N3O9S2/c1-20-17-33(21(2)19-34)30(35)27-16-22(31-43(36,37)25-11-7-23(40-4)8-12-25)6-15-28(27)42-29(20)18-32(3)44(38,39)26-13-9-24(41-5)10-14-26/h6-16,20-21,29,31,34H,17-19H2,1-5H3/t20-,21-,29-/m0/s1. The largest absolute Gasteiger partial charge is 0.497 e. The Labute approximate surface area is 258 Å². The van der Waals surface area contributed by atoms with Crippen molar-refractivity contribution in [1.29, 1.82) is 0 Å². The number of rotatable bonds is 11. The predicted octanol–water partition coefficient (Wildman–Crippen LogP) is 3.05. The van der Waals surface area contributed by atoms with E-state index in [2.05, 4.69) is 4.72 Å². The number of sulfonamides is 2. The van der Waals surface area contributed by atoms with E-state index < -0.39 is 38.1 Å². The lowest BCUT2D eigenvalue weighted by Gasteiger charge is -2.38. The van der Waals surface area contributed by atoms with Crippen molar-refractivity contribution in [2.24, 2.45) is 5.92 Å². The Balaban J connectivity index is 1.66. The number of amides is 1. The molecule has 0 saturated heterocycles. The molecule has 3 aromatic rings. The van der Waals surface area contributed by atoms with Gasteiger partial charge in [-0.05, 0) is 73.7 Å². The maximum absolute atomic E-state index is 13.7. The second-order valence-corrected chi connectivity index (χ2v) is 14.3. The van der Waals surface area contributed by atoms with Crippen LogP contribution < -0.4 is 18.9 Å². The third-order valence-corrected chi connectivity index (χ3v) is 10.7. The molecule has 1 heterocycles. The summed E-state index contributed by atoms with van der Waals surface area (Å²) < 4.78 is 73.1. The van der Waals surface area contributed by atoms with E-state index in [1.165, 1.54) is 85.1 Å². The molecule has 0 saturated carbocycles. The Morgan fingerprint density at radius 1 is 0.977 bits per heavy atom. The van der Waals surface area contributed by atoms with Crippen LogP contribution in [0.25, 0.3) is 0 Å².